The monoisotopic (exact) mass is 212 g/mol. The van der Waals surface area contributed by atoms with E-state index in [0.29, 0.717) is 5.69 Å². The van der Waals surface area contributed by atoms with Crippen LogP contribution in [0.1, 0.15) is 10.4 Å². The fraction of sp³-hybridized carbons (Fsp3) is 0. The lowest BCUT2D eigenvalue weighted by Gasteiger charge is -2.08. The lowest BCUT2D eigenvalue weighted by Crippen LogP contribution is -2.22. The molecule has 0 heterocycles. The number of carbonyl (C=O) groups is 1. The van der Waals surface area contributed by atoms with Gasteiger partial charge in [-0.2, -0.15) is 0 Å². The van der Waals surface area contributed by atoms with Crippen LogP contribution in [0.15, 0.2) is 48.5 Å². The molecular formula is C13H10NO2-. The van der Waals surface area contributed by atoms with Gasteiger partial charge in [0.05, 0.1) is 5.97 Å². The number of aromatic carboxylic acids is 1. The third-order valence-electron chi connectivity index (χ3n) is 2.30. The van der Waals surface area contributed by atoms with E-state index in [1.807, 2.05) is 30.3 Å². The minimum Gasteiger partial charge on any atom is -0.545 e. The van der Waals surface area contributed by atoms with E-state index in [9.17, 15) is 9.90 Å². The smallest absolute Gasteiger partial charge is 0.0716 e. The molecule has 2 aromatic rings. The van der Waals surface area contributed by atoms with Crippen molar-refractivity contribution in [2.75, 3.05) is 5.73 Å². The topological polar surface area (TPSA) is 66.2 Å². The number of nitrogen functional groups attached to an aromatic ring is 1. The SMILES string of the molecule is Nc1cc(C(=O)[O-])cc(-c2ccccc2)c1. The maximum Gasteiger partial charge on any atom is 0.0716 e. The van der Waals surface area contributed by atoms with Crippen LogP contribution in [0.5, 0.6) is 0 Å². The summed E-state index contributed by atoms with van der Waals surface area (Å²) in [5.74, 6) is -1.22. The van der Waals surface area contributed by atoms with Crippen LogP contribution in [-0.4, -0.2) is 5.97 Å². The molecule has 2 aromatic carbocycles. The van der Waals surface area contributed by atoms with Gasteiger partial charge in [0.1, 0.15) is 0 Å². The Hall–Kier alpha value is -2.29. The van der Waals surface area contributed by atoms with E-state index in [2.05, 4.69) is 0 Å². The third-order valence-corrected chi connectivity index (χ3v) is 2.30. The second kappa shape index (κ2) is 4.06. The summed E-state index contributed by atoms with van der Waals surface area (Å²) in [5, 5.41) is 10.8. The Balaban J connectivity index is 2.54. The van der Waals surface area contributed by atoms with Gasteiger partial charge in [0.15, 0.2) is 0 Å². The second-order valence-corrected chi connectivity index (χ2v) is 3.50. The fourth-order valence-electron chi connectivity index (χ4n) is 1.57. The highest BCUT2D eigenvalue weighted by atomic mass is 16.4. The number of carboxylic acids is 1. The van der Waals surface area contributed by atoms with Gasteiger partial charge < -0.3 is 15.6 Å². The second-order valence-electron chi connectivity index (χ2n) is 3.50. The summed E-state index contributed by atoms with van der Waals surface area (Å²) in [7, 11) is 0. The zero-order valence-electron chi connectivity index (χ0n) is 8.51. The zero-order valence-corrected chi connectivity index (χ0v) is 8.51. The minimum atomic E-state index is -1.22. The molecule has 3 nitrogen and oxygen atoms in total. The van der Waals surface area contributed by atoms with Crippen molar-refractivity contribution in [3.8, 4) is 11.1 Å². The lowest BCUT2D eigenvalue weighted by molar-refractivity contribution is -0.255. The third kappa shape index (κ3) is 2.03. The van der Waals surface area contributed by atoms with Crippen molar-refractivity contribution in [3.63, 3.8) is 0 Å². The molecule has 2 rings (SSSR count). The number of hydrogen-bond acceptors (Lipinski definition) is 3. The molecule has 2 N–H and O–H groups in total. The molecule has 0 aliphatic rings. The summed E-state index contributed by atoms with van der Waals surface area (Å²) >= 11 is 0. The average Bonchev–Trinajstić information content (AvgIpc) is 2.29. The number of anilines is 1. The molecule has 3 heteroatoms. The number of benzene rings is 2. The molecule has 0 aromatic heterocycles. The Bertz CT molecular complexity index is 521. The van der Waals surface area contributed by atoms with Gasteiger partial charge in [-0.1, -0.05) is 30.3 Å². The standard InChI is InChI=1S/C13H11NO2/c14-12-7-10(6-11(8-12)13(15)16)9-4-2-1-3-5-9/h1-8H,14H2,(H,15,16)/p-1. The maximum atomic E-state index is 10.8. The Kier molecular flexibility index (Phi) is 2.60. The summed E-state index contributed by atoms with van der Waals surface area (Å²) in [5.41, 5.74) is 7.86. The van der Waals surface area contributed by atoms with Crippen molar-refractivity contribution in [1.29, 1.82) is 0 Å². The summed E-state index contributed by atoms with van der Waals surface area (Å²) in [4.78, 5) is 10.8. The molecule has 0 amide bonds. The van der Waals surface area contributed by atoms with Gasteiger partial charge in [0, 0.05) is 5.69 Å². The summed E-state index contributed by atoms with van der Waals surface area (Å²) in [6.45, 7) is 0. The number of hydrogen-bond donors (Lipinski definition) is 1. The van der Waals surface area contributed by atoms with Crippen molar-refractivity contribution in [3.05, 3.63) is 54.1 Å². The van der Waals surface area contributed by atoms with E-state index in [4.69, 9.17) is 5.73 Å². The quantitative estimate of drug-likeness (QED) is 0.763. The number of carboxylic acid groups (broad SMARTS) is 1. The van der Waals surface area contributed by atoms with Gasteiger partial charge in [0.2, 0.25) is 0 Å². The maximum absolute atomic E-state index is 10.8. The zero-order chi connectivity index (χ0) is 11.5. The first kappa shape index (κ1) is 10.2. The van der Waals surface area contributed by atoms with Crippen molar-refractivity contribution >= 4 is 11.7 Å². The van der Waals surface area contributed by atoms with E-state index in [0.717, 1.165) is 11.1 Å². The number of rotatable bonds is 2. The minimum absolute atomic E-state index is 0.0962. The highest BCUT2D eigenvalue weighted by molar-refractivity contribution is 5.89. The van der Waals surface area contributed by atoms with E-state index >= 15 is 0 Å². The summed E-state index contributed by atoms with van der Waals surface area (Å²) in [6.07, 6.45) is 0. The molecule has 0 spiro atoms. The average molecular weight is 212 g/mol. The first-order valence-electron chi connectivity index (χ1n) is 4.84. The highest BCUT2D eigenvalue weighted by Crippen LogP contribution is 2.23. The highest BCUT2D eigenvalue weighted by Gasteiger charge is 2.01. The molecule has 80 valence electrons. The van der Waals surface area contributed by atoms with Crippen LogP contribution in [0, 0.1) is 0 Å². The van der Waals surface area contributed by atoms with Gasteiger partial charge in [0.25, 0.3) is 0 Å². The Morgan fingerprint density at radius 1 is 1.00 bits per heavy atom. The first-order chi connectivity index (χ1) is 7.66. The molecule has 0 fully saturated rings. The summed E-state index contributed by atoms with van der Waals surface area (Å²) in [6, 6.07) is 14.1. The number of nitrogens with two attached hydrogens (primary N) is 1. The van der Waals surface area contributed by atoms with Crippen LogP contribution in [0.2, 0.25) is 0 Å². The fourth-order valence-corrected chi connectivity index (χ4v) is 1.57. The largest absolute Gasteiger partial charge is 0.545 e. The van der Waals surface area contributed by atoms with Crippen LogP contribution in [-0.2, 0) is 0 Å². The molecular weight excluding hydrogens is 202 g/mol. The van der Waals surface area contributed by atoms with E-state index in [-0.39, 0.29) is 5.56 Å². The van der Waals surface area contributed by atoms with Crippen LogP contribution < -0.4 is 10.8 Å². The van der Waals surface area contributed by atoms with Crippen molar-refractivity contribution in [2.45, 2.75) is 0 Å². The first-order valence-corrected chi connectivity index (χ1v) is 4.84. The van der Waals surface area contributed by atoms with E-state index < -0.39 is 5.97 Å². The van der Waals surface area contributed by atoms with Crippen molar-refractivity contribution in [2.24, 2.45) is 0 Å². The van der Waals surface area contributed by atoms with Crippen molar-refractivity contribution in [1.82, 2.24) is 0 Å². The van der Waals surface area contributed by atoms with Crippen LogP contribution in [0.25, 0.3) is 11.1 Å². The molecule has 0 aliphatic carbocycles. The van der Waals surface area contributed by atoms with E-state index in [1.165, 1.54) is 6.07 Å². The lowest BCUT2D eigenvalue weighted by atomic mass is 10.0. The molecule has 0 saturated heterocycles. The van der Waals surface area contributed by atoms with Crippen molar-refractivity contribution < 1.29 is 9.90 Å². The molecule has 0 bridgehead atoms. The molecule has 0 aliphatic heterocycles. The molecule has 0 radical (unpaired) electrons. The van der Waals surface area contributed by atoms with Gasteiger partial charge in [-0.15, -0.1) is 0 Å². The summed E-state index contributed by atoms with van der Waals surface area (Å²) < 4.78 is 0. The Morgan fingerprint density at radius 3 is 2.31 bits per heavy atom. The predicted molar refractivity (Wildman–Crippen MR) is 60.6 cm³/mol. The normalized spacial score (nSPS) is 10.0. The van der Waals surface area contributed by atoms with Gasteiger partial charge in [-0.3, -0.25) is 0 Å². The van der Waals surface area contributed by atoms with Gasteiger partial charge >= 0.3 is 0 Å². The van der Waals surface area contributed by atoms with Gasteiger partial charge in [-0.25, -0.2) is 0 Å². The molecule has 0 saturated carbocycles. The molecule has 0 unspecified atom stereocenters. The Labute approximate surface area is 93.1 Å². The van der Waals surface area contributed by atoms with Gasteiger partial charge in [-0.05, 0) is 34.9 Å². The molecule has 0 atom stereocenters. The van der Waals surface area contributed by atoms with E-state index in [1.54, 1.807) is 12.1 Å². The van der Waals surface area contributed by atoms with Crippen LogP contribution in [0.4, 0.5) is 5.69 Å². The van der Waals surface area contributed by atoms with Crippen LogP contribution in [0.3, 0.4) is 0 Å². The molecule has 16 heavy (non-hydrogen) atoms. The Morgan fingerprint density at radius 2 is 1.69 bits per heavy atom. The number of carbonyl (C=O) groups excluding carboxylic acids is 1. The predicted octanol–water partition coefficient (Wildman–Crippen LogP) is 1.30. The van der Waals surface area contributed by atoms with Crippen LogP contribution >= 0.6 is 0 Å².